The van der Waals surface area contributed by atoms with E-state index >= 15 is 0 Å². The van der Waals surface area contributed by atoms with E-state index in [1.54, 1.807) is 0 Å². The van der Waals surface area contributed by atoms with Gasteiger partial charge in [0.15, 0.2) is 0 Å². The fourth-order valence-corrected chi connectivity index (χ4v) is 1.94. The average molecular weight is 235 g/mol. The fourth-order valence-electron chi connectivity index (χ4n) is 1.94. The summed E-state index contributed by atoms with van der Waals surface area (Å²) in [4.78, 5) is 6.33. The van der Waals surface area contributed by atoms with Crippen LogP contribution < -0.4 is 10.2 Å². The van der Waals surface area contributed by atoms with E-state index in [1.165, 1.54) is 24.9 Å². The molecule has 3 nitrogen and oxygen atoms in total. The van der Waals surface area contributed by atoms with Gasteiger partial charge >= 0.3 is 0 Å². The van der Waals surface area contributed by atoms with Crippen LogP contribution in [0.25, 0.3) is 0 Å². The zero-order valence-electron chi connectivity index (χ0n) is 11.5. The minimum atomic E-state index is 0.554. The summed E-state index contributed by atoms with van der Waals surface area (Å²) in [6, 6.07) is 2.60. The summed E-state index contributed by atoms with van der Waals surface area (Å²) in [5.41, 5.74) is 2.34. The number of aromatic nitrogens is 1. The van der Waals surface area contributed by atoms with E-state index in [4.69, 9.17) is 0 Å². The zero-order chi connectivity index (χ0) is 12.7. The zero-order valence-corrected chi connectivity index (χ0v) is 11.5. The molecule has 1 rings (SSSR count). The number of anilines is 2. The quantitative estimate of drug-likeness (QED) is 0.783. The third-order valence-corrected chi connectivity index (χ3v) is 3.04. The molecule has 0 aliphatic heterocycles. The second-order valence-corrected chi connectivity index (χ2v) is 4.68. The molecule has 17 heavy (non-hydrogen) atoms. The highest BCUT2D eigenvalue weighted by Crippen LogP contribution is 2.24. The fraction of sp³-hybridized carbons (Fsp3) is 0.643. The van der Waals surface area contributed by atoms with Crippen LogP contribution in [0.2, 0.25) is 0 Å². The van der Waals surface area contributed by atoms with Gasteiger partial charge in [-0.05, 0) is 18.9 Å². The van der Waals surface area contributed by atoms with Crippen LogP contribution in [0.3, 0.4) is 0 Å². The van der Waals surface area contributed by atoms with Gasteiger partial charge < -0.3 is 10.2 Å². The van der Waals surface area contributed by atoms with Crippen molar-refractivity contribution in [2.45, 2.75) is 45.6 Å². The normalized spacial score (nSPS) is 12.2. The number of nitrogens with one attached hydrogen (secondary N) is 1. The molecule has 1 unspecified atom stereocenters. The molecule has 0 radical (unpaired) electrons. The Bertz CT molecular complexity index is 323. The minimum Gasteiger partial charge on any atom is -0.379 e. The van der Waals surface area contributed by atoms with Gasteiger partial charge in [-0.15, -0.1) is 0 Å². The van der Waals surface area contributed by atoms with Crippen LogP contribution in [0, 0.1) is 0 Å². The lowest BCUT2D eigenvalue weighted by atomic mass is 10.1. The van der Waals surface area contributed by atoms with Crippen molar-refractivity contribution >= 4 is 11.4 Å². The van der Waals surface area contributed by atoms with E-state index in [0.717, 1.165) is 12.1 Å². The maximum atomic E-state index is 4.21. The first kappa shape index (κ1) is 13.8. The monoisotopic (exact) mass is 235 g/mol. The summed E-state index contributed by atoms with van der Waals surface area (Å²) < 4.78 is 0. The van der Waals surface area contributed by atoms with Gasteiger partial charge in [0, 0.05) is 26.3 Å². The topological polar surface area (TPSA) is 28.2 Å². The van der Waals surface area contributed by atoms with Crippen molar-refractivity contribution in [2.75, 3.05) is 24.3 Å². The van der Waals surface area contributed by atoms with Crippen molar-refractivity contribution in [3.8, 4) is 0 Å². The molecule has 0 amide bonds. The molecule has 0 bridgehead atoms. The van der Waals surface area contributed by atoms with Gasteiger partial charge in [-0.1, -0.05) is 26.7 Å². The van der Waals surface area contributed by atoms with Gasteiger partial charge in [0.05, 0.1) is 17.6 Å². The number of nitrogens with zero attached hydrogens (tertiary/aromatic N) is 2. The molecular formula is C14H25N3. The molecule has 0 spiro atoms. The smallest absolute Gasteiger partial charge is 0.0766 e. The highest BCUT2D eigenvalue weighted by atomic mass is 15.1. The van der Waals surface area contributed by atoms with Crippen molar-refractivity contribution in [3.63, 3.8) is 0 Å². The molecule has 1 aromatic heterocycles. The lowest BCUT2D eigenvalue weighted by Crippen LogP contribution is -2.21. The van der Waals surface area contributed by atoms with Crippen LogP contribution in [0.4, 0.5) is 11.4 Å². The predicted molar refractivity (Wildman–Crippen MR) is 75.8 cm³/mol. The first-order valence-corrected chi connectivity index (χ1v) is 6.56. The van der Waals surface area contributed by atoms with Crippen LogP contribution in [-0.4, -0.2) is 25.1 Å². The summed E-state index contributed by atoms with van der Waals surface area (Å²) >= 11 is 0. The van der Waals surface area contributed by atoms with E-state index < -0.39 is 0 Å². The Kier molecular flexibility index (Phi) is 5.81. The molecule has 0 aromatic carbocycles. The third kappa shape index (κ3) is 4.25. The van der Waals surface area contributed by atoms with E-state index in [-0.39, 0.29) is 0 Å². The number of hydrogen-bond acceptors (Lipinski definition) is 3. The van der Waals surface area contributed by atoms with E-state index in [1.807, 2.05) is 12.4 Å². The summed E-state index contributed by atoms with van der Waals surface area (Å²) in [6.45, 7) is 4.47. The Morgan fingerprint density at radius 2 is 2.12 bits per heavy atom. The van der Waals surface area contributed by atoms with Gasteiger partial charge in [0.25, 0.3) is 0 Å². The lowest BCUT2D eigenvalue weighted by molar-refractivity contribution is 0.593. The van der Waals surface area contributed by atoms with Gasteiger partial charge in [-0.2, -0.15) is 0 Å². The number of unbranched alkanes of at least 4 members (excludes halogenated alkanes) is 1. The van der Waals surface area contributed by atoms with Crippen LogP contribution in [0.5, 0.6) is 0 Å². The molecule has 96 valence electrons. The molecule has 1 aromatic rings. The van der Waals surface area contributed by atoms with E-state index in [0.29, 0.717) is 6.04 Å². The van der Waals surface area contributed by atoms with Crippen molar-refractivity contribution < 1.29 is 0 Å². The first-order chi connectivity index (χ1) is 8.19. The first-order valence-electron chi connectivity index (χ1n) is 6.56. The minimum absolute atomic E-state index is 0.554. The van der Waals surface area contributed by atoms with Crippen LogP contribution in [0.1, 0.15) is 39.5 Å². The van der Waals surface area contributed by atoms with Gasteiger partial charge in [-0.25, -0.2) is 0 Å². The predicted octanol–water partition coefficient (Wildman–Crippen LogP) is 3.53. The Morgan fingerprint density at radius 3 is 2.71 bits per heavy atom. The van der Waals surface area contributed by atoms with Crippen molar-refractivity contribution in [3.05, 3.63) is 18.5 Å². The summed E-state index contributed by atoms with van der Waals surface area (Å²) in [5.74, 6) is 0. The lowest BCUT2D eigenvalue weighted by Gasteiger charge is -2.22. The summed E-state index contributed by atoms with van der Waals surface area (Å²) in [5, 5.41) is 3.61. The molecule has 3 heteroatoms. The largest absolute Gasteiger partial charge is 0.379 e. The van der Waals surface area contributed by atoms with Crippen LogP contribution in [-0.2, 0) is 0 Å². The summed E-state index contributed by atoms with van der Waals surface area (Å²) in [7, 11) is 4.13. The molecule has 0 saturated heterocycles. The molecular weight excluding hydrogens is 210 g/mol. The molecule has 0 saturated carbocycles. The average Bonchev–Trinajstić information content (AvgIpc) is 2.34. The number of hydrogen-bond donors (Lipinski definition) is 1. The molecule has 0 fully saturated rings. The van der Waals surface area contributed by atoms with Crippen molar-refractivity contribution in [1.29, 1.82) is 0 Å². The Hall–Kier alpha value is -1.25. The van der Waals surface area contributed by atoms with Crippen molar-refractivity contribution in [2.24, 2.45) is 0 Å². The maximum absolute atomic E-state index is 4.21. The molecule has 0 aliphatic carbocycles. The highest BCUT2D eigenvalue weighted by molar-refractivity contribution is 5.68. The van der Waals surface area contributed by atoms with E-state index in [2.05, 4.69) is 49.2 Å². The Balaban J connectivity index is 2.71. The van der Waals surface area contributed by atoms with E-state index in [9.17, 15) is 0 Å². The van der Waals surface area contributed by atoms with Crippen LogP contribution >= 0.6 is 0 Å². The SMILES string of the molecule is CCCCC(CC)Nc1cnccc1N(C)C. The standard InChI is InChI=1S/C14H25N3/c1-5-7-8-12(6-2)16-13-11-15-10-9-14(13)17(3)4/h9-12,16H,5-8H2,1-4H3. The molecule has 1 heterocycles. The molecule has 0 aliphatic rings. The second kappa shape index (κ2) is 7.15. The van der Waals surface area contributed by atoms with Crippen LogP contribution in [0.15, 0.2) is 18.5 Å². The summed E-state index contributed by atoms with van der Waals surface area (Å²) in [6.07, 6.45) is 8.68. The van der Waals surface area contributed by atoms with Crippen molar-refractivity contribution in [1.82, 2.24) is 4.98 Å². The maximum Gasteiger partial charge on any atom is 0.0766 e. The Labute approximate surface area is 105 Å². The Morgan fingerprint density at radius 1 is 1.35 bits per heavy atom. The molecule has 1 N–H and O–H groups in total. The van der Waals surface area contributed by atoms with Gasteiger partial charge in [-0.3, -0.25) is 4.98 Å². The molecule has 1 atom stereocenters. The van der Waals surface area contributed by atoms with Gasteiger partial charge in [0.1, 0.15) is 0 Å². The number of rotatable bonds is 7. The van der Waals surface area contributed by atoms with Gasteiger partial charge in [0.2, 0.25) is 0 Å². The highest BCUT2D eigenvalue weighted by Gasteiger charge is 2.09. The second-order valence-electron chi connectivity index (χ2n) is 4.68. The number of pyridine rings is 1. The third-order valence-electron chi connectivity index (χ3n) is 3.04.